The highest BCUT2D eigenvalue weighted by Gasteiger charge is 2.39. The minimum Gasteiger partial charge on any atom is -0.352 e. The van der Waals surface area contributed by atoms with Crippen molar-refractivity contribution in [3.63, 3.8) is 0 Å². The van der Waals surface area contributed by atoms with Crippen molar-refractivity contribution in [1.82, 2.24) is 16.2 Å². The predicted molar refractivity (Wildman–Crippen MR) is 118 cm³/mol. The Morgan fingerprint density at radius 2 is 1.93 bits per heavy atom. The quantitative estimate of drug-likeness (QED) is 0.691. The molecule has 4 rings (SSSR count). The second-order valence-corrected chi connectivity index (χ2v) is 8.63. The summed E-state index contributed by atoms with van der Waals surface area (Å²) in [4.78, 5) is 24.8. The van der Waals surface area contributed by atoms with Gasteiger partial charge < -0.3 is 5.32 Å². The van der Waals surface area contributed by atoms with Crippen molar-refractivity contribution >= 4 is 11.8 Å². The van der Waals surface area contributed by atoms with Gasteiger partial charge in [-0.15, -0.1) is 0 Å². The van der Waals surface area contributed by atoms with Gasteiger partial charge in [0, 0.05) is 24.1 Å². The Morgan fingerprint density at radius 3 is 2.80 bits per heavy atom. The molecule has 1 aliphatic carbocycles. The van der Waals surface area contributed by atoms with Gasteiger partial charge in [0.15, 0.2) is 0 Å². The first-order valence-electron chi connectivity index (χ1n) is 11.1. The molecule has 1 aliphatic heterocycles. The summed E-state index contributed by atoms with van der Waals surface area (Å²) in [5, 5.41) is 3.05. The van der Waals surface area contributed by atoms with E-state index in [1.807, 2.05) is 30.3 Å². The van der Waals surface area contributed by atoms with Crippen LogP contribution in [0.2, 0.25) is 0 Å². The molecule has 30 heavy (non-hydrogen) atoms. The third-order valence-corrected chi connectivity index (χ3v) is 6.64. The number of carbonyl (C=O) groups is 2. The molecule has 2 aromatic carbocycles. The van der Waals surface area contributed by atoms with E-state index in [4.69, 9.17) is 0 Å². The molecule has 2 aromatic rings. The Bertz CT molecular complexity index is 911. The van der Waals surface area contributed by atoms with E-state index < -0.39 is 0 Å². The fourth-order valence-electron chi connectivity index (χ4n) is 4.93. The summed E-state index contributed by atoms with van der Waals surface area (Å²) in [7, 11) is 0. The number of nitrogens with one attached hydrogen (secondary N) is 3. The molecule has 0 radical (unpaired) electrons. The van der Waals surface area contributed by atoms with Crippen LogP contribution in [-0.2, 0) is 17.6 Å². The van der Waals surface area contributed by atoms with Gasteiger partial charge in [-0.1, -0.05) is 49.2 Å². The van der Waals surface area contributed by atoms with E-state index in [1.165, 1.54) is 17.5 Å². The fraction of sp³-hybridized carbons (Fsp3) is 0.440. The molecule has 1 saturated carbocycles. The summed E-state index contributed by atoms with van der Waals surface area (Å²) >= 11 is 0. The zero-order valence-electron chi connectivity index (χ0n) is 17.6. The number of hydrogen-bond donors (Lipinski definition) is 3. The fourth-order valence-corrected chi connectivity index (χ4v) is 4.93. The van der Waals surface area contributed by atoms with Crippen molar-refractivity contribution in [1.29, 1.82) is 0 Å². The number of benzene rings is 2. The van der Waals surface area contributed by atoms with Crippen molar-refractivity contribution in [3.8, 4) is 0 Å². The second-order valence-electron chi connectivity index (χ2n) is 8.63. The molecule has 0 aromatic heterocycles. The molecule has 3 atom stereocenters. The molecule has 2 fully saturated rings. The van der Waals surface area contributed by atoms with Crippen LogP contribution in [0.15, 0.2) is 48.5 Å². The summed E-state index contributed by atoms with van der Waals surface area (Å²) in [5.41, 5.74) is 10.4. The van der Waals surface area contributed by atoms with Crippen LogP contribution in [0.1, 0.15) is 52.7 Å². The first kappa shape index (κ1) is 20.6. The number of hydrazine groups is 1. The highest BCUT2D eigenvalue weighted by atomic mass is 16.2. The molecule has 5 nitrogen and oxygen atoms in total. The van der Waals surface area contributed by atoms with Crippen LogP contribution >= 0.6 is 0 Å². The lowest BCUT2D eigenvalue weighted by Gasteiger charge is -2.41. The van der Waals surface area contributed by atoms with E-state index in [1.54, 1.807) is 0 Å². The predicted octanol–water partition coefficient (Wildman–Crippen LogP) is 3.32. The lowest BCUT2D eigenvalue weighted by molar-refractivity contribution is -0.133. The van der Waals surface area contributed by atoms with Crippen LogP contribution in [0.4, 0.5) is 0 Å². The van der Waals surface area contributed by atoms with Crippen molar-refractivity contribution in [2.24, 2.45) is 11.8 Å². The molecule has 1 saturated heterocycles. The second kappa shape index (κ2) is 9.43. The van der Waals surface area contributed by atoms with Gasteiger partial charge in [0.1, 0.15) is 0 Å². The number of aryl methyl sites for hydroxylation is 1. The van der Waals surface area contributed by atoms with E-state index in [0.717, 1.165) is 37.7 Å². The Balaban J connectivity index is 1.36. The molecule has 0 bridgehead atoms. The van der Waals surface area contributed by atoms with Gasteiger partial charge in [-0.25, -0.2) is 5.43 Å². The van der Waals surface area contributed by atoms with E-state index in [0.29, 0.717) is 18.0 Å². The maximum Gasteiger partial charge on any atom is 0.251 e. The summed E-state index contributed by atoms with van der Waals surface area (Å²) in [6.45, 7) is 2.72. The molecule has 5 heteroatoms. The summed E-state index contributed by atoms with van der Waals surface area (Å²) in [5.74, 6) is 0.598. The molecular weight excluding hydrogens is 374 g/mol. The lowest BCUT2D eigenvalue weighted by atomic mass is 9.72. The Morgan fingerprint density at radius 1 is 1.10 bits per heavy atom. The van der Waals surface area contributed by atoms with Gasteiger partial charge in [0.05, 0.1) is 0 Å². The molecule has 2 amide bonds. The summed E-state index contributed by atoms with van der Waals surface area (Å²) in [6, 6.07) is 16.4. The molecular formula is C25H31N3O2. The molecule has 2 aliphatic rings. The first-order chi connectivity index (χ1) is 14.6. The van der Waals surface area contributed by atoms with Crippen LogP contribution < -0.4 is 16.2 Å². The highest BCUT2D eigenvalue weighted by Crippen LogP contribution is 2.35. The summed E-state index contributed by atoms with van der Waals surface area (Å²) < 4.78 is 0. The Hall–Kier alpha value is -2.66. The van der Waals surface area contributed by atoms with E-state index in [-0.39, 0.29) is 23.8 Å². The Kier molecular flexibility index (Phi) is 6.48. The molecule has 158 valence electrons. The van der Waals surface area contributed by atoms with Crippen LogP contribution in [0.3, 0.4) is 0 Å². The summed E-state index contributed by atoms with van der Waals surface area (Å²) in [6.07, 6.45) is 6.04. The van der Waals surface area contributed by atoms with Gasteiger partial charge in [-0.3, -0.25) is 15.0 Å². The lowest BCUT2D eigenvalue weighted by Crippen LogP contribution is -2.60. The van der Waals surface area contributed by atoms with E-state index in [9.17, 15) is 9.59 Å². The van der Waals surface area contributed by atoms with Gasteiger partial charge in [0.25, 0.3) is 5.91 Å². The van der Waals surface area contributed by atoms with Crippen molar-refractivity contribution in [2.75, 3.05) is 6.54 Å². The number of fused-ring (bicyclic) bond motifs is 1. The maximum absolute atomic E-state index is 12.7. The maximum atomic E-state index is 12.7. The molecule has 1 heterocycles. The molecule has 3 unspecified atom stereocenters. The minimum atomic E-state index is -0.0362. The van der Waals surface area contributed by atoms with Crippen molar-refractivity contribution in [2.45, 2.75) is 51.5 Å². The normalized spacial score (nSPS) is 23.4. The van der Waals surface area contributed by atoms with E-state index >= 15 is 0 Å². The molecule has 0 spiro atoms. The van der Waals surface area contributed by atoms with Gasteiger partial charge in [-0.05, 0) is 67.3 Å². The van der Waals surface area contributed by atoms with Gasteiger partial charge >= 0.3 is 0 Å². The van der Waals surface area contributed by atoms with Gasteiger partial charge in [-0.2, -0.15) is 0 Å². The van der Waals surface area contributed by atoms with Crippen molar-refractivity contribution < 1.29 is 9.59 Å². The zero-order chi connectivity index (χ0) is 20.9. The monoisotopic (exact) mass is 405 g/mol. The van der Waals surface area contributed by atoms with E-state index in [2.05, 4.69) is 41.3 Å². The average Bonchev–Trinajstić information content (AvgIpc) is 2.77. The third-order valence-electron chi connectivity index (χ3n) is 6.64. The smallest absolute Gasteiger partial charge is 0.251 e. The van der Waals surface area contributed by atoms with Crippen LogP contribution in [-0.4, -0.2) is 24.4 Å². The molecule has 3 N–H and O–H groups in total. The highest BCUT2D eigenvalue weighted by molar-refractivity contribution is 5.94. The van der Waals surface area contributed by atoms with Gasteiger partial charge in [0.2, 0.25) is 5.91 Å². The number of amides is 2. The largest absolute Gasteiger partial charge is 0.352 e. The first-order valence-corrected chi connectivity index (χ1v) is 11.1. The number of carbonyl (C=O) groups excluding carboxylic acids is 2. The average molecular weight is 406 g/mol. The number of hydrogen-bond acceptors (Lipinski definition) is 3. The topological polar surface area (TPSA) is 70.2 Å². The van der Waals surface area contributed by atoms with Crippen molar-refractivity contribution in [3.05, 3.63) is 70.8 Å². The van der Waals surface area contributed by atoms with Crippen LogP contribution in [0.25, 0.3) is 0 Å². The SMILES string of the molecule is Cc1ccccc1CCNC(=O)c1cccc(CC2NNC(=O)C3CCCCC23)c1. The zero-order valence-corrected chi connectivity index (χ0v) is 17.6. The standard InChI is InChI=1S/C25H31N3O2/c1-17-7-2-3-9-19(17)13-14-26-24(29)20-10-6-8-18(15-20)16-23-21-11-4-5-12-22(21)25(30)28-27-23/h2-3,6-10,15,21-23,27H,4-5,11-14,16H2,1H3,(H,26,29)(H,28,30). The van der Waals surface area contributed by atoms with Crippen LogP contribution in [0, 0.1) is 18.8 Å². The minimum absolute atomic E-state index is 0.0362. The number of rotatable bonds is 6. The Labute approximate surface area is 178 Å². The van der Waals surface area contributed by atoms with Crippen LogP contribution in [0.5, 0.6) is 0 Å². The third kappa shape index (κ3) is 4.73.